The third kappa shape index (κ3) is 2.84. The average Bonchev–Trinajstić information content (AvgIpc) is 2.96. The van der Waals surface area contributed by atoms with Crippen LogP contribution in [0.4, 0.5) is 0 Å². The Bertz CT molecular complexity index is 644. The maximum absolute atomic E-state index is 11.8. The Morgan fingerprint density at radius 3 is 2.89 bits per heavy atom. The summed E-state index contributed by atoms with van der Waals surface area (Å²) >= 11 is 1.28. The largest absolute Gasteiger partial charge is 0.292 e. The van der Waals surface area contributed by atoms with Crippen LogP contribution in [-0.4, -0.2) is 30.5 Å². The molecule has 0 fully saturated rings. The highest BCUT2D eigenvalue weighted by molar-refractivity contribution is 7.89. The first-order chi connectivity index (χ1) is 8.49. The van der Waals surface area contributed by atoms with Crippen molar-refractivity contribution >= 4 is 27.1 Å². The molecule has 2 rings (SSSR count). The zero-order chi connectivity index (χ0) is 13.2. The van der Waals surface area contributed by atoms with Gasteiger partial charge in [-0.25, -0.2) is 13.1 Å². The molecule has 8 heteroatoms. The molecule has 18 heavy (non-hydrogen) atoms. The summed E-state index contributed by atoms with van der Waals surface area (Å²) in [6.45, 7) is -0.252. The molecule has 0 aliphatic heterocycles. The minimum Gasteiger partial charge on any atom is -0.292 e. The third-order valence-corrected chi connectivity index (χ3v) is 4.48. The number of rotatable bonds is 5. The first-order valence-electron chi connectivity index (χ1n) is 5.04. The normalized spacial score (nSPS) is 11.6. The Labute approximate surface area is 108 Å². The zero-order valence-corrected chi connectivity index (χ0v) is 11.2. The molecule has 2 heterocycles. The van der Waals surface area contributed by atoms with Crippen LogP contribution in [-0.2, 0) is 17.1 Å². The summed E-state index contributed by atoms with van der Waals surface area (Å²) in [6.07, 6.45) is 2.61. The number of sulfonamides is 1. The molecule has 0 radical (unpaired) electrons. The molecule has 0 aliphatic carbocycles. The smallest absolute Gasteiger partial charge is 0.244 e. The molecule has 1 N–H and O–H groups in total. The van der Waals surface area contributed by atoms with Crippen molar-refractivity contribution in [2.45, 2.75) is 4.90 Å². The van der Waals surface area contributed by atoms with Crippen LogP contribution in [0.3, 0.4) is 0 Å². The molecule has 0 aliphatic rings. The van der Waals surface area contributed by atoms with Crippen molar-refractivity contribution in [3.63, 3.8) is 0 Å². The van der Waals surface area contributed by atoms with Crippen molar-refractivity contribution in [3.8, 4) is 0 Å². The minimum atomic E-state index is -3.68. The van der Waals surface area contributed by atoms with Crippen LogP contribution in [0, 0.1) is 0 Å². The van der Waals surface area contributed by atoms with Gasteiger partial charge in [-0.2, -0.15) is 5.10 Å². The lowest BCUT2D eigenvalue weighted by molar-refractivity contribution is 0.100. The van der Waals surface area contributed by atoms with Crippen molar-refractivity contribution in [3.05, 3.63) is 34.8 Å². The number of carbonyl (C=O) groups excluding carboxylic acids is 1. The van der Waals surface area contributed by atoms with E-state index in [0.717, 1.165) is 0 Å². The number of aromatic nitrogens is 2. The van der Waals surface area contributed by atoms with Gasteiger partial charge in [0.05, 0.1) is 17.6 Å². The van der Waals surface area contributed by atoms with E-state index in [4.69, 9.17) is 0 Å². The van der Waals surface area contributed by atoms with E-state index in [9.17, 15) is 13.2 Å². The van der Waals surface area contributed by atoms with Crippen molar-refractivity contribution < 1.29 is 13.2 Å². The maximum atomic E-state index is 11.8. The number of ketones is 1. The molecule has 0 spiro atoms. The number of hydrogen-bond acceptors (Lipinski definition) is 5. The average molecular weight is 285 g/mol. The highest BCUT2D eigenvalue weighted by Gasteiger charge is 2.18. The standard InChI is InChI=1S/C10H11N3O3S2/c1-13-7-8(5-11-13)18(15,16)12-6-9(14)10-3-2-4-17-10/h2-5,7,12H,6H2,1H3. The summed E-state index contributed by atoms with van der Waals surface area (Å²) in [5.74, 6) is -0.252. The number of nitrogens with one attached hydrogen (secondary N) is 1. The van der Waals surface area contributed by atoms with Crippen LogP contribution in [0.1, 0.15) is 9.67 Å². The Kier molecular flexibility index (Phi) is 3.60. The Morgan fingerprint density at radius 2 is 2.33 bits per heavy atom. The second kappa shape index (κ2) is 5.01. The lowest BCUT2D eigenvalue weighted by Crippen LogP contribution is -2.29. The van der Waals surface area contributed by atoms with Gasteiger partial charge >= 0.3 is 0 Å². The van der Waals surface area contributed by atoms with Gasteiger partial charge in [-0.1, -0.05) is 6.07 Å². The number of aryl methyl sites for hydroxylation is 1. The summed E-state index contributed by atoms with van der Waals surface area (Å²) in [4.78, 5) is 12.2. The van der Waals surface area contributed by atoms with Crippen molar-refractivity contribution in [2.24, 2.45) is 7.05 Å². The first kappa shape index (κ1) is 12.9. The van der Waals surface area contributed by atoms with E-state index in [1.54, 1.807) is 24.6 Å². The molecule has 0 saturated heterocycles. The molecule has 0 saturated carbocycles. The monoisotopic (exact) mass is 285 g/mol. The fourth-order valence-electron chi connectivity index (χ4n) is 1.31. The molecule has 0 amide bonds. The number of thiophene rings is 1. The highest BCUT2D eigenvalue weighted by Crippen LogP contribution is 2.10. The quantitative estimate of drug-likeness (QED) is 0.818. The van der Waals surface area contributed by atoms with Gasteiger partial charge in [0.2, 0.25) is 10.0 Å². The predicted octanol–water partition coefficient (Wildman–Crippen LogP) is 0.643. The molecule has 0 atom stereocenters. The van der Waals surface area contributed by atoms with Crippen molar-refractivity contribution in [1.29, 1.82) is 0 Å². The van der Waals surface area contributed by atoms with Crippen molar-refractivity contribution in [2.75, 3.05) is 6.54 Å². The fourth-order valence-corrected chi connectivity index (χ4v) is 2.94. The van der Waals surface area contributed by atoms with E-state index in [-0.39, 0.29) is 17.2 Å². The zero-order valence-electron chi connectivity index (χ0n) is 9.53. The van der Waals surface area contributed by atoms with Crippen LogP contribution in [0.5, 0.6) is 0 Å². The second-order valence-electron chi connectivity index (χ2n) is 3.57. The summed E-state index contributed by atoms with van der Waals surface area (Å²) in [7, 11) is -2.05. The molecule has 0 aromatic carbocycles. The van der Waals surface area contributed by atoms with E-state index in [1.165, 1.54) is 28.4 Å². The van der Waals surface area contributed by atoms with Gasteiger partial charge in [0, 0.05) is 13.2 Å². The number of carbonyl (C=O) groups is 1. The molecule has 6 nitrogen and oxygen atoms in total. The molecule has 0 unspecified atom stereocenters. The topological polar surface area (TPSA) is 81.1 Å². The van der Waals surface area contributed by atoms with Crippen LogP contribution in [0.25, 0.3) is 0 Å². The van der Waals surface area contributed by atoms with Gasteiger partial charge < -0.3 is 0 Å². The molecule has 2 aromatic heterocycles. The van der Waals surface area contributed by atoms with Gasteiger partial charge in [-0.15, -0.1) is 11.3 Å². The minimum absolute atomic E-state index is 0.0454. The van der Waals surface area contributed by atoms with E-state index in [2.05, 4.69) is 9.82 Å². The van der Waals surface area contributed by atoms with E-state index in [0.29, 0.717) is 4.88 Å². The molecular weight excluding hydrogens is 274 g/mol. The Hall–Kier alpha value is -1.51. The third-order valence-electron chi connectivity index (χ3n) is 2.21. The number of nitrogens with zero attached hydrogens (tertiary/aromatic N) is 2. The van der Waals surface area contributed by atoms with Gasteiger partial charge in [-0.05, 0) is 11.4 Å². The summed E-state index contributed by atoms with van der Waals surface area (Å²) < 4.78 is 27.2. The SMILES string of the molecule is Cn1cc(S(=O)(=O)NCC(=O)c2cccs2)cn1. The Balaban J connectivity index is 2.04. The molecule has 0 bridgehead atoms. The van der Waals surface area contributed by atoms with Crippen molar-refractivity contribution in [1.82, 2.24) is 14.5 Å². The maximum Gasteiger partial charge on any atom is 0.244 e. The number of Topliss-reactive ketones (excluding diaryl/α,β-unsaturated/α-hetero) is 1. The molecule has 2 aromatic rings. The van der Waals surface area contributed by atoms with Gasteiger partial charge in [0.15, 0.2) is 5.78 Å². The second-order valence-corrected chi connectivity index (χ2v) is 6.29. The van der Waals surface area contributed by atoms with Gasteiger partial charge in [-0.3, -0.25) is 9.48 Å². The van der Waals surface area contributed by atoms with Crippen LogP contribution >= 0.6 is 11.3 Å². The number of hydrogen-bond donors (Lipinski definition) is 1. The van der Waals surface area contributed by atoms with Gasteiger partial charge in [0.1, 0.15) is 4.90 Å². The van der Waals surface area contributed by atoms with Gasteiger partial charge in [0.25, 0.3) is 0 Å². The Morgan fingerprint density at radius 1 is 1.56 bits per heavy atom. The molecule has 96 valence electrons. The fraction of sp³-hybridized carbons (Fsp3) is 0.200. The van der Waals surface area contributed by atoms with Crippen LogP contribution in [0.2, 0.25) is 0 Å². The summed E-state index contributed by atoms with van der Waals surface area (Å²) in [5.41, 5.74) is 0. The van der Waals surface area contributed by atoms with Crippen LogP contribution in [0.15, 0.2) is 34.8 Å². The summed E-state index contributed by atoms with van der Waals surface area (Å²) in [6, 6.07) is 3.40. The predicted molar refractivity (Wildman–Crippen MR) is 67.0 cm³/mol. The highest BCUT2D eigenvalue weighted by atomic mass is 32.2. The van der Waals surface area contributed by atoms with E-state index < -0.39 is 10.0 Å². The molecular formula is C10H11N3O3S2. The summed E-state index contributed by atoms with van der Waals surface area (Å²) in [5, 5.41) is 5.54. The lowest BCUT2D eigenvalue weighted by Gasteiger charge is -2.02. The first-order valence-corrected chi connectivity index (χ1v) is 7.40. The van der Waals surface area contributed by atoms with E-state index in [1.807, 2.05) is 0 Å². The van der Waals surface area contributed by atoms with Crippen LogP contribution < -0.4 is 4.72 Å². The van der Waals surface area contributed by atoms with E-state index >= 15 is 0 Å². The lowest BCUT2D eigenvalue weighted by atomic mass is 10.3.